The van der Waals surface area contributed by atoms with Crippen molar-refractivity contribution in [1.29, 1.82) is 0 Å². The summed E-state index contributed by atoms with van der Waals surface area (Å²) in [6.45, 7) is 5.40. The molecule has 0 saturated carbocycles. The molecule has 3 aromatic carbocycles. The highest BCUT2D eigenvalue weighted by molar-refractivity contribution is 7.89. The first-order valence-corrected chi connectivity index (χ1v) is 13.1. The van der Waals surface area contributed by atoms with E-state index in [1.165, 1.54) is 36.4 Å². The molecule has 0 radical (unpaired) electrons. The molecule has 0 saturated heterocycles. The molecule has 7 nitrogen and oxygen atoms in total. The first-order valence-electron chi connectivity index (χ1n) is 11.6. The van der Waals surface area contributed by atoms with Gasteiger partial charge in [-0.25, -0.2) is 17.5 Å². The van der Waals surface area contributed by atoms with E-state index in [9.17, 15) is 22.7 Å². The summed E-state index contributed by atoms with van der Waals surface area (Å²) in [6, 6.07) is 20.2. The Bertz CT molecular complexity index is 1240. The van der Waals surface area contributed by atoms with Crippen LogP contribution in [0.5, 0.6) is 0 Å². The van der Waals surface area contributed by atoms with Crippen molar-refractivity contribution in [2.45, 2.75) is 49.8 Å². The molecule has 0 heterocycles. The predicted octanol–water partition coefficient (Wildman–Crippen LogP) is 3.72. The van der Waals surface area contributed by atoms with Crippen molar-refractivity contribution in [3.8, 4) is 0 Å². The van der Waals surface area contributed by atoms with Gasteiger partial charge in [-0.1, -0.05) is 30.3 Å². The molecule has 0 aliphatic heterocycles. The Morgan fingerprint density at radius 2 is 1.56 bits per heavy atom. The van der Waals surface area contributed by atoms with E-state index in [0.717, 1.165) is 5.56 Å². The molecular formula is C27H32FN3O4S. The van der Waals surface area contributed by atoms with Gasteiger partial charge in [-0.3, -0.25) is 4.79 Å². The normalized spacial score (nSPS) is 13.6. The number of benzene rings is 3. The zero-order valence-corrected chi connectivity index (χ0v) is 21.3. The largest absolute Gasteiger partial charge is 0.389 e. The highest BCUT2D eigenvalue weighted by Crippen LogP contribution is 2.17. The maximum Gasteiger partial charge on any atom is 0.251 e. The summed E-state index contributed by atoms with van der Waals surface area (Å²) in [5, 5.41) is 16.9. The molecule has 4 N–H and O–H groups in total. The lowest BCUT2D eigenvalue weighted by molar-refractivity contribution is 0.0851. The van der Waals surface area contributed by atoms with Crippen LogP contribution in [-0.2, 0) is 16.4 Å². The zero-order chi connectivity index (χ0) is 26.3. The number of hydrogen-bond acceptors (Lipinski definition) is 5. The van der Waals surface area contributed by atoms with Crippen LogP contribution in [0.15, 0.2) is 83.8 Å². The van der Waals surface area contributed by atoms with Crippen molar-refractivity contribution in [3.05, 3.63) is 95.8 Å². The minimum absolute atomic E-state index is 0.105. The number of sulfonamides is 1. The van der Waals surface area contributed by atoms with Crippen LogP contribution in [0.3, 0.4) is 0 Å². The lowest BCUT2D eigenvalue weighted by Crippen LogP contribution is -2.47. The van der Waals surface area contributed by atoms with Crippen LogP contribution in [0.25, 0.3) is 0 Å². The number of carbonyl (C=O) groups is 1. The third kappa shape index (κ3) is 8.15. The average Bonchev–Trinajstić information content (AvgIpc) is 2.82. The minimum atomic E-state index is -3.65. The Hall–Kier alpha value is -3.27. The highest BCUT2D eigenvalue weighted by atomic mass is 32.2. The molecule has 1 amide bonds. The molecule has 0 aliphatic carbocycles. The minimum Gasteiger partial charge on any atom is -0.389 e. The van der Waals surface area contributed by atoms with Gasteiger partial charge in [-0.05, 0) is 81.3 Å². The molecule has 0 aliphatic rings. The van der Waals surface area contributed by atoms with Gasteiger partial charge in [-0.15, -0.1) is 0 Å². The second-order valence-corrected chi connectivity index (χ2v) is 11.3. The molecule has 36 heavy (non-hydrogen) atoms. The molecule has 0 fully saturated rings. The summed E-state index contributed by atoms with van der Waals surface area (Å²) in [5.41, 5.74) is 1.23. The monoisotopic (exact) mass is 513 g/mol. The van der Waals surface area contributed by atoms with Crippen LogP contribution in [0.1, 0.15) is 36.7 Å². The van der Waals surface area contributed by atoms with Crippen LogP contribution < -0.4 is 15.4 Å². The molecule has 0 unspecified atom stereocenters. The highest BCUT2D eigenvalue weighted by Gasteiger charge is 2.24. The number of anilines is 1. The number of amides is 1. The van der Waals surface area contributed by atoms with Gasteiger partial charge in [0.05, 0.1) is 17.0 Å². The average molecular weight is 514 g/mol. The van der Waals surface area contributed by atoms with Crippen LogP contribution in [0.4, 0.5) is 10.1 Å². The molecule has 192 valence electrons. The number of rotatable bonds is 10. The fourth-order valence-electron chi connectivity index (χ4n) is 3.58. The molecule has 9 heteroatoms. The van der Waals surface area contributed by atoms with Crippen molar-refractivity contribution in [2.75, 3.05) is 11.9 Å². The molecule has 0 aromatic heterocycles. The number of carbonyl (C=O) groups excluding carboxylic acids is 1. The molecular weight excluding hydrogens is 481 g/mol. The second kappa shape index (κ2) is 11.6. The van der Waals surface area contributed by atoms with E-state index in [-0.39, 0.29) is 17.0 Å². The van der Waals surface area contributed by atoms with E-state index in [2.05, 4.69) is 15.4 Å². The Balaban J connectivity index is 1.68. The van der Waals surface area contributed by atoms with E-state index in [4.69, 9.17) is 0 Å². The maximum absolute atomic E-state index is 13.2. The van der Waals surface area contributed by atoms with E-state index in [1.54, 1.807) is 32.9 Å². The van der Waals surface area contributed by atoms with Gasteiger partial charge in [0.2, 0.25) is 10.0 Å². The lowest BCUT2D eigenvalue weighted by atomic mass is 10.0. The first-order chi connectivity index (χ1) is 16.9. The molecule has 0 spiro atoms. The third-order valence-corrected chi connectivity index (χ3v) is 7.08. The van der Waals surface area contributed by atoms with Crippen molar-refractivity contribution in [1.82, 2.24) is 10.0 Å². The van der Waals surface area contributed by atoms with Gasteiger partial charge in [-0.2, -0.15) is 0 Å². The number of aliphatic hydroxyl groups is 1. The van der Waals surface area contributed by atoms with Crippen molar-refractivity contribution in [3.63, 3.8) is 0 Å². The Morgan fingerprint density at radius 3 is 2.14 bits per heavy atom. The molecule has 3 aromatic rings. The Labute approximate surface area is 211 Å². The lowest BCUT2D eigenvalue weighted by Gasteiger charge is -2.25. The van der Waals surface area contributed by atoms with E-state index < -0.39 is 39.4 Å². The predicted molar refractivity (Wildman–Crippen MR) is 139 cm³/mol. The van der Waals surface area contributed by atoms with Crippen molar-refractivity contribution in [2.24, 2.45) is 0 Å². The summed E-state index contributed by atoms with van der Waals surface area (Å²) < 4.78 is 40.8. The van der Waals surface area contributed by atoms with Crippen LogP contribution >= 0.6 is 0 Å². The topological polar surface area (TPSA) is 108 Å². The maximum atomic E-state index is 13.2. The summed E-state index contributed by atoms with van der Waals surface area (Å²) in [4.78, 5) is 12.9. The zero-order valence-electron chi connectivity index (χ0n) is 20.5. The standard InChI is InChI=1S/C27H32FN3O4S/c1-27(2,3)31-36(34,35)23-15-13-22(14-16-23)29-18-25(32)24(17-19-7-5-4-6-8-19)30-26(33)20-9-11-21(28)12-10-20/h4-16,24-25,29,31-32H,17-18H2,1-3H3,(H,30,33)/t24-,25+/m0/s1. The van der Waals surface area contributed by atoms with Crippen LogP contribution in [0.2, 0.25) is 0 Å². The smallest absolute Gasteiger partial charge is 0.251 e. The fraction of sp³-hybridized carbons (Fsp3) is 0.296. The summed E-state index contributed by atoms with van der Waals surface area (Å²) in [5.74, 6) is -0.861. The van der Waals surface area contributed by atoms with E-state index >= 15 is 0 Å². The van der Waals surface area contributed by atoms with Gasteiger partial charge in [0.15, 0.2) is 0 Å². The second-order valence-electron chi connectivity index (χ2n) is 9.60. The molecule has 0 bridgehead atoms. The summed E-state index contributed by atoms with van der Waals surface area (Å²) in [6.07, 6.45) is -0.590. The number of halogens is 1. The Morgan fingerprint density at radius 1 is 0.944 bits per heavy atom. The number of nitrogens with one attached hydrogen (secondary N) is 3. The van der Waals surface area contributed by atoms with E-state index in [0.29, 0.717) is 12.1 Å². The summed E-state index contributed by atoms with van der Waals surface area (Å²) in [7, 11) is -3.65. The number of aliphatic hydroxyl groups excluding tert-OH is 1. The van der Waals surface area contributed by atoms with Crippen LogP contribution in [0, 0.1) is 5.82 Å². The molecule has 2 atom stereocenters. The van der Waals surface area contributed by atoms with E-state index in [1.807, 2.05) is 30.3 Å². The SMILES string of the molecule is CC(C)(C)NS(=O)(=O)c1ccc(NC[C@@H](O)[C@H](Cc2ccccc2)NC(=O)c2ccc(F)cc2)cc1. The van der Waals surface area contributed by atoms with Gasteiger partial charge in [0, 0.05) is 23.3 Å². The van der Waals surface area contributed by atoms with Crippen LogP contribution in [-0.4, -0.2) is 43.7 Å². The number of hydrogen-bond donors (Lipinski definition) is 4. The van der Waals surface area contributed by atoms with Crippen molar-refractivity contribution >= 4 is 21.6 Å². The quantitative estimate of drug-likeness (QED) is 0.331. The Kier molecular flexibility index (Phi) is 8.84. The van der Waals surface area contributed by atoms with Gasteiger partial charge >= 0.3 is 0 Å². The summed E-state index contributed by atoms with van der Waals surface area (Å²) >= 11 is 0. The van der Waals surface area contributed by atoms with Gasteiger partial charge < -0.3 is 15.7 Å². The third-order valence-electron chi connectivity index (χ3n) is 5.31. The first kappa shape index (κ1) is 27.3. The van der Waals surface area contributed by atoms with Gasteiger partial charge in [0.25, 0.3) is 5.91 Å². The van der Waals surface area contributed by atoms with Crippen molar-refractivity contribution < 1.29 is 22.7 Å². The van der Waals surface area contributed by atoms with Gasteiger partial charge in [0.1, 0.15) is 5.82 Å². The molecule has 3 rings (SSSR count). The fourth-order valence-corrected chi connectivity index (χ4v) is 5.00.